The summed E-state index contributed by atoms with van der Waals surface area (Å²) in [4.78, 5) is 2.37. The van der Waals surface area contributed by atoms with Gasteiger partial charge in [-0.25, -0.2) is 0 Å². The minimum atomic E-state index is 0.104. The van der Waals surface area contributed by atoms with Crippen molar-refractivity contribution in [2.75, 3.05) is 19.6 Å². The number of phenols is 1. The predicted octanol–water partition coefficient (Wildman–Crippen LogP) is 2.23. The summed E-state index contributed by atoms with van der Waals surface area (Å²) < 4.78 is 0. The van der Waals surface area contributed by atoms with E-state index in [1.54, 1.807) is 12.1 Å². The van der Waals surface area contributed by atoms with Gasteiger partial charge in [-0.2, -0.15) is 0 Å². The van der Waals surface area contributed by atoms with Gasteiger partial charge in [0, 0.05) is 42.3 Å². The predicted molar refractivity (Wildman–Crippen MR) is 70.5 cm³/mol. The average Bonchev–Trinajstić information content (AvgIpc) is 2.26. The van der Waals surface area contributed by atoms with Crippen molar-refractivity contribution in [3.8, 4) is 5.75 Å². The second-order valence-electron chi connectivity index (χ2n) is 5.18. The highest BCUT2D eigenvalue weighted by molar-refractivity contribution is 6.30. The fourth-order valence-electron chi connectivity index (χ4n) is 2.20. The minimum absolute atomic E-state index is 0.104. The Hall–Kier alpha value is -0.770. The van der Waals surface area contributed by atoms with Gasteiger partial charge in [0.15, 0.2) is 0 Å². The first-order valence-corrected chi connectivity index (χ1v) is 6.30. The van der Waals surface area contributed by atoms with Crippen molar-refractivity contribution in [3.05, 3.63) is 28.8 Å². The Kier molecular flexibility index (Phi) is 3.61. The van der Waals surface area contributed by atoms with Crippen LogP contribution in [0.1, 0.15) is 19.4 Å². The van der Waals surface area contributed by atoms with E-state index in [0.717, 1.165) is 31.7 Å². The minimum Gasteiger partial charge on any atom is -0.508 e. The summed E-state index contributed by atoms with van der Waals surface area (Å²) >= 11 is 5.96. The third-order valence-corrected chi connectivity index (χ3v) is 3.61. The number of phenolic OH excluding ortho intramolecular Hbond substituents is 1. The summed E-state index contributed by atoms with van der Waals surface area (Å²) in [5.41, 5.74) is 1.000. The van der Waals surface area contributed by atoms with E-state index in [9.17, 15) is 5.11 Å². The number of aromatic hydroxyl groups is 1. The second-order valence-corrected chi connectivity index (χ2v) is 5.62. The van der Waals surface area contributed by atoms with Gasteiger partial charge in [0.25, 0.3) is 0 Å². The van der Waals surface area contributed by atoms with Gasteiger partial charge >= 0.3 is 0 Å². The van der Waals surface area contributed by atoms with Crippen LogP contribution in [0.5, 0.6) is 5.75 Å². The first-order valence-electron chi connectivity index (χ1n) is 5.92. The quantitative estimate of drug-likeness (QED) is 0.850. The molecule has 1 aliphatic heterocycles. The van der Waals surface area contributed by atoms with Crippen molar-refractivity contribution < 1.29 is 5.11 Å². The topological polar surface area (TPSA) is 35.5 Å². The number of nitrogens with zero attached hydrogens (tertiary/aromatic N) is 1. The van der Waals surface area contributed by atoms with Gasteiger partial charge in [0.05, 0.1) is 0 Å². The van der Waals surface area contributed by atoms with Gasteiger partial charge in [0.2, 0.25) is 0 Å². The number of rotatable bonds is 2. The molecule has 3 nitrogen and oxygen atoms in total. The van der Waals surface area contributed by atoms with Crippen LogP contribution in [-0.4, -0.2) is 35.2 Å². The van der Waals surface area contributed by atoms with Crippen molar-refractivity contribution in [2.24, 2.45) is 0 Å². The van der Waals surface area contributed by atoms with Crippen molar-refractivity contribution in [1.82, 2.24) is 10.2 Å². The summed E-state index contributed by atoms with van der Waals surface area (Å²) in [5.74, 6) is 0.323. The lowest BCUT2D eigenvalue weighted by molar-refractivity contribution is 0.0819. The van der Waals surface area contributed by atoms with Gasteiger partial charge in [-0.3, -0.25) is 4.90 Å². The molecule has 1 heterocycles. The number of hydrogen-bond donors (Lipinski definition) is 2. The maximum Gasteiger partial charge on any atom is 0.120 e. The highest BCUT2D eigenvalue weighted by atomic mass is 35.5. The monoisotopic (exact) mass is 254 g/mol. The molecule has 4 heteroatoms. The van der Waals surface area contributed by atoms with Gasteiger partial charge in [-0.1, -0.05) is 11.6 Å². The zero-order valence-corrected chi connectivity index (χ0v) is 11.1. The van der Waals surface area contributed by atoms with Gasteiger partial charge in [0.1, 0.15) is 5.75 Å². The molecule has 0 amide bonds. The van der Waals surface area contributed by atoms with E-state index in [2.05, 4.69) is 24.1 Å². The molecule has 1 aromatic rings. The molecule has 1 fully saturated rings. The second kappa shape index (κ2) is 4.84. The standard InChI is InChI=1S/C13H19ClN2O/c1-13(2)9-15-5-6-16(13)8-10-7-11(14)3-4-12(10)17/h3-4,7,15,17H,5-6,8-9H2,1-2H3. The van der Waals surface area contributed by atoms with Crippen molar-refractivity contribution >= 4 is 11.6 Å². The third kappa shape index (κ3) is 2.92. The van der Waals surface area contributed by atoms with Crippen LogP contribution in [0.15, 0.2) is 18.2 Å². The van der Waals surface area contributed by atoms with Crippen LogP contribution in [0.4, 0.5) is 0 Å². The fourth-order valence-corrected chi connectivity index (χ4v) is 2.40. The van der Waals surface area contributed by atoms with E-state index < -0.39 is 0 Å². The zero-order valence-electron chi connectivity index (χ0n) is 10.3. The van der Waals surface area contributed by atoms with Gasteiger partial charge in [-0.05, 0) is 32.0 Å². The van der Waals surface area contributed by atoms with E-state index in [0.29, 0.717) is 10.8 Å². The Bertz CT molecular complexity index is 406. The summed E-state index contributed by atoms with van der Waals surface area (Å²) in [6.45, 7) is 8.10. The molecule has 94 valence electrons. The Morgan fingerprint density at radius 1 is 1.47 bits per heavy atom. The van der Waals surface area contributed by atoms with Gasteiger partial charge < -0.3 is 10.4 Å². The lowest BCUT2D eigenvalue weighted by Crippen LogP contribution is -2.57. The Labute approximate surface area is 107 Å². The number of halogens is 1. The smallest absolute Gasteiger partial charge is 0.120 e. The molecule has 17 heavy (non-hydrogen) atoms. The molecule has 0 aromatic heterocycles. The Morgan fingerprint density at radius 3 is 2.94 bits per heavy atom. The summed E-state index contributed by atoms with van der Waals surface area (Å²) in [6, 6.07) is 5.21. The molecular formula is C13H19ClN2O. The average molecular weight is 255 g/mol. The first kappa shape index (κ1) is 12.7. The Morgan fingerprint density at radius 2 is 2.24 bits per heavy atom. The maximum absolute atomic E-state index is 9.83. The first-order chi connectivity index (χ1) is 7.99. The zero-order chi connectivity index (χ0) is 12.5. The highest BCUT2D eigenvalue weighted by Crippen LogP contribution is 2.26. The molecule has 0 unspecified atom stereocenters. The van der Waals surface area contributed by atoms with Crippen LogP contribution in [-0.2, 0) is 6.54 Å². The number of hydrogen-bond acceptors (Lipinski definition) is 3. The Balaban J connectivity index is 2.16. The lowest BCUT2D eigenvalue weighted by atomic mass is 9.99. The van der Waals surface area contributed by atoms with Crippen LogP contribution in [0, 0.1) is 0 Å². The summed E-state index contributed by atoms with van der Waals surface area (Å²) in [5, 5.41) is 13.9. The molecule has 0 radical (unpaired) electrons. The molecular weight excluding hydrogens is 236 g/mol. The van der Waals surface area contributed by atoms with E-state index in [-0.39, 0.29) is 5.54 Å². The van der Waals surface area contributed by atoms with Gasteiger partial charge in [-0.15, -0.1) is 0 Å². The maximum atomic E-state index is 9.83. The van der Waals surface area contributed by atoms with Crippen LogP contribution < -0.4 is 5.32 Å². The van der Waals surface area contributed by atoms with Crippen molar-refractivity contribution in [3.63, 3.8) is 0 Å². The molecule has 0 bridgehead atoms. The highest BCUT2D eigenvalue weighted by Gasteiger charge is 2.29. The molecule has 2 rings (SSSR count). The van der Waals surface area contributed by atoms with E-state index in [1.807, 2.05) is 6.07 Å². The molecule has 0 atom stereocenters. The lowest BCUT2D eigenvalue weighted by Gasteiger charge is -2.43. The normalized spacial score (nSPS) is 20.4. The van der Waals surface area contributed by atoms with Crippen molar-refractivity contribution in [1.29, 1.82) is 0 Å². The molecule has 1 aromatic carbocycles. The molecule has 0 aliphatic carbocycles. The molecule has 1 saturated heterocycles. The van der Waals surface area contributed by atoms with E-state index in [1.165, 1.54) is 0 Å². The van der Waals surface area contributed by atoms with E-state index in [4.69, 9.17) is 11.6 Å². The molecule has 0 spiro atoms. The van der Waals surface area contributed by atoms with Crippen LogP contribution in [0.3, 0.4) is 0 Å². The molecule has 2 N–H and O–H groups in total. The number of nitrogens with one attached hydrogen (secondary N) is 1. The largest absolute Gasteiger partial charge is 0.508 e. The van der Waals surface area contributed by atoms with E-state index >= 15 is 0 Å². The van der Waals surface area contributed by atoms with Crippen LogP contribution in [0.25, 0.3) is 0 Å². The summed E-state index contributed by atoms with van der Waals surface area (Å²) in [6.07, 6.45) is 0. The molecule has 1 aliphatic rings. The SMILES string of the molecule is CC1(C)CNCCN1Cc1cc(Cl)ccc1O. The van der Waals surface area contributed by atoms with Crippen LogP contribution in [0.2, 0.25) is 5.02 Å². The number of benzene rings is 1. The third-order valence-electron chi connectivity index (χ3n) is 3.37. The van der Waals surface area contributed by atoms with Crippen molar-refractivity contribution in [2.45, 2.75) is 25.9 Å². The summed E-state index contributed by atoms with van der Waals surface area (Å²) in [7, 11) is 0. The molecule has 0 saturated carbocycles. The van der Waals surface area contributed by atoms with Crippen LogP contribution >= 0.6 is 11.6 Å². The number of piperazine rings is 1. The fraction of sp³-hybridized carbons (Fsp3) is 0.538.